The van der Waals surface area contributed by atoms with Crippen molar-refractivity contribution in [2.75, 3.05) is 26.3 Å². The van der Waals surface area contributed by atoms with Gasteiger partial charge < -0.3 is 9.64 Å². The molecule has 2 aliphatic heterocycles. The third-order valence-electron chi connectivity index (χ3n) is 4.89. The molecule has 2 aliphatic rings. The maximum Gasteiger partial charge on any atom is 0.240 e. The zero-order chi connectivity index (χ0) is 16.3. The number of piperidine rings is 1. The first-order valence-electron chi connectivity index (χ1n) is 8.45. The molecule has 0 bridgehead atoms. The summed E-state index contributed by atoms with van der Waals surface area (Å²) in [6.07, 6.45) is 3.95. The minimum atomic E-state index is -3.41. The van der Waals surface area contributed by atoms with Crippen molar-refractivity contribution >= 4 is 10.0 Å². The number of hydrogen-bond donors (Lipinski definition) is 1. The summed E-state index contributed by atoms with van der Waals surface area (Å²) in [4.78, 5) is 2.86. The van der Waals surface area contributed by atoms with E-state index in [1.807, 2.05) is 19.1 Å². The maximum absolute atomic E-state index is 12.5. The molecular weight excluding hydrogens is 312 g/mol. The van der Waals surface area contributed by atoms with Gasteiger partial charge in [0.25, 0.3) is 0 Å². The summed E-state index contributed by atoms with van der Waals surface area (Å²) in [5.74, 6) is 0. The highest BCUT2D eigenvalue weighted by molar-refractivity contribution is 7.89. The van der Waals surface area contributed by atoms with Gasteiger partial charge in [0.1, 0.15) is 0 Å². The number of ether oxygens (including phenoxy) is 1. The van der Waals surface area contributed by atoms with Gasteiger partial charge in [-0.2, -0.15) is 0 Å². The Hall–Kier alpha value is -0.950. The first kappa shape index (κ1) is 16.9. The summed E-state index contributed by atoms with van der Waals surface area (Å²) < 4.78 is 33.2. The molecule has 0 spiro atoms. The van der Waals surface area contributed by atoms with Crippen molar-refractivity contribution in [3.8, 4) is 0 Å². The summed E-state index contributed by atoms with van der Waals surface area (Å²) in [6.45, 7) is 5.59. The first-order valence-corrected chi connectivity index (χ1v) is 9.94. The lowest BCUT2D eigenvalue weighted by Gasteiger charge is -2.39. The summed E-state index contributed by atoms with van der Waals surface area (Å²) >= 11 is 0. The maximum atomic E-state index is 12.5. The molecule has 0 unspecified atom stereocenters. The number of likely N-dealkylation sites (tertiary alicyclic amines) is 1. The highest BCUT2D eigenvalue weighted by Gasteiger charge is 2.28. The van der Waals surface area contributed by atoms with Crippen molar-refractivity contribution in [2.45, 2.75) is 49.6 Å². The van der Waals surface area contributed by atoms with Crippen LogP contribution in [-0.4, -0.2) is 51.7 Å². The minimum Gasteiger partial charge on any atom is -0.381 e. The van der Waals surface area contributed by atoms with E-state index in [2.05, 4.69) is 9.62 Å². The Morgan fingerprint density at radius 3 is 2.26 bits per heavy atom. The number of sulfonamides is 1. The van der Waals surface area contributed by atoms with Crippen LogP contribution >= 0.6 is 0 Å². The lowest BCUT2D eigenvalue weighted by atomic mass is 10.0. The molecular formula is C17H26N2O3S. The van der Waals surface area contributed by atoms with Gasteiger partial charge in [-0.15, -0.1) is 0 Å². The lowest BCUT2D eigenvalue weighted by Crippen LogP contribution is -2.49. The molecule has 128 valence electrons. The van der Waals surface area contributed by atoms with Crippen molar-refractivity contribution in [3.63, 3.8) is 0 Å². The number of rotatable bonds is 4. The Kier molecular flexibility index (Phi) is 5.36. The molecule has 2 fully saturated rings. The third-order valence-corrected chi connectivity index (χ3v) is 6.43. The molecule has 0 radical (unpaired) electrons. The number of hydrogen-bond acceptors (Lipinski definition) is 4. The highest BCUT2D eigenvalue weighted by Crippen LogP contribution is 2.21. The fraction of sp³-hybridized carbons (Fsp3) is 0.647. The lowest BCUT2D eigenvalue weighted by molar-refractivity contribution is 0.0248. The third kappa shape index (κ3) is 4.32. The molecule has 2 saturated heterocycles. The average molecular weight is 338 g/mol. The Bertz CT molecular complexity index is 601. The van der Waals surface area contributed by atoms with Gasteiger partial charge in [0.05, 0.1) is 4.90 Å². The molecule has 2 heterocycles. The number of nitrogens with one attached hydrogen (secondary N) is 1. The predicted octanol–water partition coefficient (Wildman–Crippen LogP) is 1.92. The van der Waals surface area contributed by atoms with Crippen molar-refractivity contribution in [1.29, 1.82) is 0 Å². The van der Waals surface area contributed by atoms with Crippen LogP contribution in [0.5, 0.6) is 0 Å². The monoisotopic (exact) mass is 338 g/mol. The standard InChI is InChI=1S/C17H26N2O3S/c1-14-2-4-17(5-3-14)23(20,21)18-15-6-10-19(11-7-15)16-8-12-22-13-9-16/h2-5,15-16,18H,6-13H2,1H3. The Balaban J connectivity index is 1.54. The highest BCUT2D eigenvalue weighted by atomic mass is 32.2. The molecule has 0 atom stereocenters. The molecule has 0 aromatic heterocycles. The van der Waals surface area contributed by atoms with Gasteiger partial charge in [0, 0.05) is 25.3 Å². The van der Waals surface area contributed by atoms with E-state index >= 15 is 0 Å². The summed E-state index contributed by atoms with van der Waals surface area (Å²) in [5.41, 5.74) is 1.06. The molecule has 23 heavy (non-hydrogen) atoms. The quantitative estimate of drug-likeness (QED) is 0.911. The van der Waals surface area contributed by atoms with E-state index in [0.29, 0.717) is 10.9 Å². The predicted molar refractivity (Wildman–Crippen MR) is 89.9 cm³/mol. The molecule has 1 aromatic carbocycles. The minimum absolute atomic E-state index is 0.0393. The molecule has 1 aromatic rings. The molecule has 0 amide bonds. The van der Waals surface area contributed by atoms with Crippen molar-refractivity contribution in [3.05, 3.63) is 29.8 Å². The van der Waals surface area contributed by atoms with E-state index in [-0.39, 0.29) is 6.04 Å². The molecule has 0 saturated carbocycles. The van der Waals surface area contributed by atoms with E-state index in [9.17, 15) is 8.42 Å². The number of nitrogens with zero attached hydrogens (tertiary/aromatic N) is 1. The van der Waals surface area contributed by atoms with Crippen LogP contribution in [0.4, 0.5) is 0 Å². The smallest absolute Gasteiger partial charge is 0.240 e. The van der Waals surface area contributed by atoms with Crippen molar-refractivity contribution < 1.29 is 13.2 Å². The summed E-state index contributed by atoms with van der Waals surface area (Å²) in [6, 6.07) is 7.67. The Morgan fingerprint density at radius 1 is 1.04 bits per heavy atom. The second-order valence-corrected chi connectivity index (χ2v) is 8.30. The topological polar surface area (TPSA) is 58.6 Å². The van der Waals surface area contributed by atoms with Gasteiger partial charge >= 0.3 is 0 Å². The van der Waals surface area contributed by atoms with Gasteiger partial charge in [0.15, 0.2) is 0 Å². The fourth-order valence-electron chi connectivity index (χ4n) is 3.44. The van der Waals surface area contributed by atoms with Crippen LogP contribution in [0, 0.1) is 6.92 Å². The largest absolute Gasteiger partial charge is 0.381 e. The molecule has 3 rings (SSSR count). The molecule has 5 nitrogen and oxygen atoms in total. The molecule has 0 aliphatic carbocycles. The molecule has 6 heteroatoms. The van der Waals surface area contributed by atoms with Gasteiger partial charge in [-0.3, -0.25) is 0 Å². The van der Waals surface area contributed by atoms with Crippen LogP contribution in [0.2, 0.25) is 0 Å². The van der Waals surface area contributed by atoms with Crippen LogP contribution in [0.15, 0.2) is 29.2 Å². The van der Waals surface area contributed by atoms with Crippen molar-refractivity contribution in [1.82, 2.24) is 9.62 Å². The van der Waals surface area contributed by atoms with E-state index in [1.54, 1.807) is 12.1 Å². The van der Waals surface area contributed by atoms with Crippen LogP contribution in [0.1, 0.15) is 31.2 Å². The number of benzene rings is 1. The van der Waals surface area contributed by atoms with Crippen molar-refractivity contribution in [2.24, 2.45) is 0 Å². The number of aryl methyl sites for hydroxylation is 1. The Morgan fingerprint density at radius 2 is 1.65 bits per heavy atom. The first-order chi connectivity index (χ1) is 11.0. The molecule has 1 N–H and O–H groups in total. The van der Waals surface area contributed by atoms with Crippen LogP contribution in [-0.2, 0) is 14.8 Å². The van der Waals surface area contributed by atoms with Gasteiger partial charge in [0.2, 0.25) is 10.0 Å². The SMILES string of the molecule is Cc1ccc(S(=O)(=O)NC2CCN(C3CCOCC3)CC2)cc1. The average Bonchev–Trinajstić information content (AvgIpc) is 2.56. The normalized spacial score (nSPS) is 22.3. The zero-order valence-electron chi connectivity index (χ0n) is 13.7. The summed E-state index contributed by atoms with van der Waals surface area (Å²) in [7, 11) is -3.41. The van der Waals surface area contributed by atoms with Gasteiger partial charge in [-0.05, 0) is 57.8 Å². The van der Waals surface area contributed by atoms with E-state index in [0.717, 1.165) is 57.6 Å². The Labute approximate surface area is 139 Å². The second-order valence-electron chi connectivity index (χ2n) is 6.59. The van der Waals surface area contributed by atoms with Crippen LogP contribution < -0.4 is 4.72 Å². The van der Waals surface area contributed by atoms with Gasteiger partial charge in [-0.1, -0.05) is 17.7 Å². The van der Waals surface area contributed by atoms with Crippen LogP contribution in [0.25, 0.3) is 0 Å². The van der Waals surface area contributed by atoms with Crippen LogP contribution in [0.3, 0.4) is 0 Å². The van der Waals surface area contributed by atoms with E-state index in [4.69, 9.17) is 4.74 Å². The van der Waals surface area contributed by atoms with E-state index in [1.165, 1.54) is 0 Å². The van der Waals surface area contributed by atoms with E-state index < -0.39 is 10.0 Å². The van der Waals surface area contributed by atoms with Gasteiger partial charge in [-0.25, -0.2) is 13.1 Å². The zero-order valence-corrected chi connectivity index (χ0v) is 14.5. The second kappa shape index (κ2) is 7.30. The fourth-order valence-corrected chi connectivity index (χ4v) is 4.74. The summed E-state index contributed by atoms with van der Waals surface area (Å²) in [5, 5.41) is 0.